The van der Waals surface area contributed by atoms with Crippen molar-refractivity contribution in [1.29, 1.82) is 0 Å². The van der Waals surface area contributed by atoms with E-state index in [1.165, 1.54) is 12.1 Å². The highest BCUT2D eigenvalue weighted by atomic mass is 32.2. The minimum atomic E-state index is -3.70. The van der Waals surface area contributed by atoms with Gasteiger partial charge in [-0.3, -0.25) is 0 Å². The molecule has 1 aromatic carbocycles. The zero-order valence-corrected chi connectivity index (χ0v) is 17.7. The predicted octanol–water partition coefficient (Wildman–Crippen LogP) is 3.84. The van der Waals surface area contributed by atoms with Crippen molar-refractivity contribution < 1.29 is 17.5 Å². The minimum absolute atomic E-state index is 0.00526. The van der Waals surface area contributed by atoms with Gasteiger partial charge in [-0.05, 0) is 78.0 Å². The number of rotatable bonds is 11. The van der Waals surface area contributed by atoms with E-state index in [9.17, 15) is 12.8 Å². The number of benzene rings is 1. The fourth-order valence-corrected chi connectivity index (χ4v) is 3.98. The van der Waals surface area contributed by atoms with Gasteiger partial charge in [-0.1, -0.05) is 6.42 Å². The van der Waals surface area contributed by atoms with Crippen LogP contribution in [0.3, 0.4) is 0 Å². The molecule has 0 bridgehead atoms. The second-order valence-electron chi connectivity index (χ2n) is 8.54. The van der Waals surface area contributed by atoms with Crippen molar-refractivity contribution in [3.05, 3.63) is 24.0 Å². The molecule has 0 amide bonds. The van der Waals surface area contributed by atoms with Gasteiger partial charge in [0.05, 0.1) is 11.5 Å². The highest BCUT2D eigenvalue weighted by molar-refractivity contribution is 7.89. The number of sulfonamides is 1. The van der Waals surface area contributed by atoms with Crippen LogP contribution in [0.1, 0.15) is 59.8 Å². The van der Waals surface area contributed by atoms with Crippen molar-refractivity contribution in [1.82, 2.24) is 10.0 Å². The van der Waals surface area contributed by atoms with Crippen molar-refractivity contribution in [2.75, 3.05) is 13.2 Å². The third-order valence-electron chi connectivity index (χ3n) is 4.46. The Balaban J connectivity index is 1.84. The van der Waals surface area contributed by atoms with Gasteiger partial charge < -0.3 is 10.1 Å². The molecule has 7 heteroatoms. The number of hydrogen-bond acceptors (Lipinski definition) is 4. The molecule has 1 aromatic rings. The number of halogens is 1. The molecule has 0 saturated heterocycles. The van der Waals surface area contributed by atoms with Crippen molar-refractivity contribution in [3.8, 4) is 5.75 Å². The molecule has 0 spiro atoms. The lowest BCUT2D eigenvalue weighted by atomic mass is 10.1. The molecular formula is C20H33FN2O3S. The molecular weight excluding hydrogens is 367 g/mol. The number of nitrogens with one attached hydrogen (secondary N) is 2. The van der Waals surface area contributed by atoms with E-state index < -0.39 is 15.8 Å². The van der Waals surface area contributed by atoms with E-state index in [1.54, 1.807) is 0 Å². The molecule has 0 aromatic heterocycles. The second kappa shape index (κ2) is 9.34. The third-order valence-corrected chi connectivity index (χ3v) is 6.05. The maximum Gasteiger partial charge on any atom is 0.240 e. The van der Waals surface area contributed by atoms with Crippen LogP contribution in [0.2, 0.25) is 0 Å². The lowest BCUT2D eigenvalue weighted by molar-refractivity contribution is 0.284. The molecule has 0 aliphatic heterocycles. The lowest BCUT2D eigenvalue weighted by Gasteiger charge is -2.20. The molecule has 154 valence electrons. The average molecular weight is 401 g/mol. The van der Waals surface area contributed by atoms with Gasteiger partial charge in [0.25, 0.3) is 0 Å². The fourth-order valence-electron chi connectivity index (χ4n) is 2.68. The summed E-state index contributed by atoms with van der Waals surface area (Å²) in [5, 5.41) is 3.42. The smallest absolute Gasteiger partial charge is 0.240 e. The summed E-state index contributed by atoms with van der Waals surface area (Å²) in [4.78, 5) is 0.0379. The van der Waals surface area contributed by atoms with Crippen LogP contribution < -0.4 is 14.8 Å². The number of unbranched alkanes of at least 4 members (excludes halogenated alkanes) is 1. The summed E-state index contributed by atoms with van der Waals surface area (Å²) in [6.45, 7) is 9.55. The van der Waals surface area contributed by atoms with E-state index in [2.05, 4.69) is 30.8 Å². The number of ether oxygens (including phenoxy) is 1. The summed E-state index contributed by atoms with van der Waals surface area (Å²) < 4.78 is 47.1. The summed E-state index contributed by atoms with van der Waals surface area (Å²) in [6, 6.07) is 3.52. The van der Waals surface area contributed by atoms with E-state index in [0.717, 1.165) is 44.7 Å². The lowest BCUT2D eigenvalue weighted by Crippen LogP contribution is -2.36. The molecule has 0 unspecified atom stereocenters. The van der Waals surface area contributed by atoms with Gasteiger partial charge in [0.15, 0.2) is 11.6 Å². The van der Waals surface area contributed by atoms with Gasteiger partial charge in [0, 0.05) is 17.6 Å². The third kappa shape index (κ3) is 8.15. The molecule has 1 atom stereocenters. The van der Waals surface area contributed by atoms with E-state index >= 15 is 0 Å². The molecule has 5 nitrogen and oxygen atoms in total. The Morgan fingerprint density at radius 2 is 1.96 bits per heavy atom. The van der Waals surface area contributed by atoms with Crippen LogP contribution in [0.4, 0.5) is 4.39 Å². The fraction of sp³-hybridized carbons (Fsp3) is 0.700. The molecule has 1 saturated carbocycles. The van der Waals surface area contributed by atoms with Crippen molar-refractivity contribution >= 4 is 10.0 Å². The number of hydrogen-bond donors (Lipinski definition) is 2. The Morgan fingerprint density at radius 3 is 2.59 bits per heavy atom. The first-order valence-corrected chi connectivity index (χ1v) is 11.2. The highest BCUT2D eigenvalue weighted by Gasteiger charge is 2.24. The first kappa shape index (κ1) is 22.1. The van der Waals surface area contributed by atoms with Crippen molar-refractivity contribution in [3.63, 3.8) is 0 Å². The van der Waals surface area contributed by atoms with Crippen LogP contribution in [0, 0.1) is 11.7 Å². The summed E-state index contributed by atoms with van der Waals surface area (Å²) in [5.41, 5.74) is 0.0923. The Labute approximate surface area is 163 Å². The SMILES string of the molecule is C[C@@H](CCCCNC(C)(C)C)NS(=O)(=O)c1ccc(F)c(OCC2CC2)c1. The molecule has 0 radical (unpaired) electrons. The van der Waals surface area contributed by atoms with Crippen molar-refractivity contribution in [2.24, 2.45) is 5.92 Å². The van der Waals surface area contributed by atoms with Gasteiger partial charge in [-0.2, -0.15) is 0 Å². The normalized spacial score (nSPS) is 16.3. The average Bonchev–Trinajstić information content (AvgIpc) is 3.36. The van der Waals surface area contributed by atoms with E-state index in [0.29, 0.717) is 12.5 Å². The zero-order valence-electron chi connectivity index (χ0n) is 16.8. The second-order valence-corrected chi connectivity index (χ2v) is 10.3. The molecule has 1 aliphatic carbocycles. The van der Waals surface area contributed by atoms with E-state index in [1.807, 2.05) is 6.92 Å². The Morgan fingerprint density at radius 1 is 1.26 bits per heavy atom. The molecule has 2 N–H and O–H groups in total. The van der Waals surface area contributed by atoms with Gasteiger partial charge in [-0.25, -0.2) is 17.5 Å². The summed E-state index contributed by atoms with van der Waals surface area (Å²) in [5.74, 6) is -0.0599. The Hall–Kier alpha value is -1.18. The first-order valence-electron chi connectivity index (χ1n) is 9.76. The predicted molar refractivity (Wildman–Crippen MR) is 106 cm³/mol. The van der Waals surface area contributed by atoms with Crippen LogP contribution in [0.15, 0.2) is 23.1 Å². The standard InChI is InChI=1S/C20H33FN2O3S/c1-15(7-5-6-12-22-20(2,3)4)23-27(24,25)17-10-11-18(21)19(13-17)26-14-16-8-9-16/h10-11,13,15-16,22-23H,5-9,12,14H2,1-4H3/t15-/m0/s1. The van der Waals surface area contributed by atoms with E-state index in [-0.39, 0.29) is 22.2 Å². The minimum Gasteiger partial charge on any atom is -0.490 e. The maximum atomic E-state index is 13.9. The monoisotopic (exact) mass is 400 g/mol. The van der Waals surface area contributed by atoms with Crippen LogP contribution in [0.5, 0.6) is 5.75 Å². The topological polar surface area (TPSA) is 67.4 Å². The zero-order chi connectivity index (χ0) is 20.1. The summed E-state index contributed by atoms with van der Waals surface area (Å²) in [7, 11) is -3.70. The van der Waals surface area contributed by atoms with Gasteiger partial charge in [0.1, 0.15) is 0 Å². The van der Waals surface area contributed by atoms with Crippen LogP contribution >= 0.6 is 0 Å². The first-order chi connectivity index (χ1) is 12.6. The largest absolute Gasteiger partial charge is 0.490 e. The van der Waals surface area contributed by atoms with Crippen LogP contribution in [-0.2, 0) is 10.0 Å². The van der Waals surface area contributed by atoms with Crippen LogP contribution in [0.25, 0.3) is 0 Å². The molecule has 1 fully saturated rings. The molecule has 0 heterocycles. The van der Waals surface area contributed by atoms with E-state index in [4.69, 9.17) is 4.74 Å². The summed E-state index contributed by atoms with van der Waals surface area (Å²) in [6.07, 6.45) is 4.83. The van der Waals surface area contributed by atoms with Gasteiger partial charge >= 0.3 is 0 Å². The summed E-state index contributed by atoms with van der Waals surface area (Å²) >= 11 is 0. The molecule has 27 heavy (non-hydrogen) atoms. The Kier molecular flexibility index (Phi) is 7.65. The highest BCUT2D eigenvalue weighted by Crippen LogP contribution is 2.30. The maximum absolute atomic E-state index is 13.9. The van der Waals surface area contributed by atoms with Crippen LogP contribution in [-0.4, -0.2) is 33.2 Å². The quantitative estimate of drug-likeness (QED) is 0.554. The van der Waals surface area contributed by atoms with Gasteiger partial charge in [-0.15, -0.1) is 0 Å². The Bertz CT molecular complexity index is 712. The van der Waals surface area contributed by atoms with Crippen molar-refractivity contribution in [2.45, 2.75) is 76.3 Å². The van der Waals surface area contributed by atoms with Gasteiger partial charge in [0.2, 0.25) is 10.0 Å². The molecule has 1 aliphatic rings. The molecule has 2 rings (SSSR count).